The van der Waals surface area contributed by atoms with Crippen molar-refractivity contribution in [1.82, 2.24) is 9.97 Å². The SMILES string of the molecule is CNc1nc(Oc2ccc(C(=O)OC)cc2)nc2ccsc12. The van der Waals surface area contributed by atoms with Crippen LogP contribution in [0, 0.1) is 0 Å². The molecule has 6 nitrogen and oxygen atoms in total. The van der Waals surface area contributed by atoms with E-state index in [0.29, 0.717) is 11.3 Å². The monoisotopic (exact) mass is 315 g/mol. The standard InChI is InChI=1S/C15H13N3O3S/c1-16-13-12-11(7-8-22-12)17-15(18-13)21-10-5-3-9(4-6-10)14(19)20-2/h3-8H,1-2H3,(H,16,17,18). The van der Waals surface area contributed by atoms with Gasteiger partial charge in [-0.25, -0.2) is 4.79 Å². The Kier molecular flexibility index (Phi) is 3.88. The highest BCUT2D eigenvalue weighted by molar-refractivity contribution is 7.17. The zero-order chi connectivity index (χ0) is 15.5. The molecule has 112 valence electrons. The molecule has 1 N–H and O–H groups in total. The zero-order valence-electron chi connectivity index (χ0n) is 12.0. The topological polar surface area (TPSA) is 73.3 Å². The number of carbonyl (C=O) groups is 1. The maximum atomic E-state index is 11.4. The van der Waals surface area contributed by atoms with Crippen LogP contribution in [-0.4, -0.2) is 30.1 Å². The van der Waals surface area contributed by atoms with Crippen LogP contribution in [0.3, 0.4) is 0 Å². The van der Waals surface area contributed by atoms with E-state index in [9.17, 15) is 4.79 Å². The molecule has 0 saturated carbocycles. The molecule has 0 saturated heterocycles. The van der Waals surface area contributed by atoms with Crippen molar-refractivity contribution in [1.29, 1.82) is 0 Å². The van der Waals surface area contributed by atoms with Gasteiger partial charge in [0.2, 0.25) is 0 Å². The number of fused-ring (bicyclic) bond motifs is 1. The first-order valence-corrected chi connectivity index (χ1v) is 7.38. The summed E-state index contributed by atoms with van der Waals surface area (Å²) in [6.07, 6.45) is 0. The van der Waals surface area contributed by atoms with Crippen LogP contribution in [-0.2, 0) is 4.74 Å². The summed E-state index contributed by atoms with van der Waals surface area (Å²) in [4.78, 5) is 20.1. The number of nitrogens with zero attached hydrogens (tertiary/aromatic N) is 2. The summed E-state index contributed by atoms with van der Waals surface area (Å²) in [5.41, 5.74) is 1.28. The highest BCUT2D eigenvalue weighted by Crippen LogP contribution is 2.29. The van der Waals surface area contributed by atoms with Gasteiger partial charge in [0, 0.05) is 7.05 Å². The van der Waals surface area contributed by atoms with Crippen LogP contribution in [0.2, 0.25) is 0 Å². The number of rotatable bonds is 4. The molecule has 0 aliphatic heterocycles. The summed E-state index contributed by atoms with van der Waals surface area (Å²) in [6, 6.07) is 8.77. The highest BCUT2D eigenvalue weighted by Gasteiger charge is 2.10. The average molecular weight is 315 g/mol. The molecule has 0 bridgehead atoms. The van der Waals surface area contributed by atoms with E-state index in [1.807, 2.05) is 11.4 Å². The number of anilines is 1. The van der Waals surface area contributed by atoms with Crippen LogP contribution in [0.15, 0.2) is 35.7 Å². The molecular formula is C15H13N3O3S. The number of ether oxygens (including phenoxy) is 2. The van der Waals surface area contributed by atoms with Gasteiger partial charge in [-0.2, -0.15) is 9.97 Å². The van der Waals surface area contributed by atoms with Crippen molar-refractivity contribution < 1.29 is 14.3 Å². The third-order valence-electron chi connectivity index (χ3n) is 3.00. The number of esters is 1. The van der Waals surface area contributed by atoms with Crippen molar-refractivity contribution in [2.75, 3.05) is 19.5 Å². The third kappa shape index (κ3) is 2.71. The fourth-order valence-corrected chi connectivity index (χ4v) is 2.77. The Morgan fingerprint density at radius 2 is 1.95 bits per heavy atom. The van der Waals surface area contributed by atoms with E-state index in [2.05, 4.69) is 20.0 Å². The van der Waals surface area contributed by atoms with Crippen molar-refractivity contribution >= 4 is 33.3 Å². The molecule has 3 aromatic rings. The molecule has 0 unspecified atom stereocenters. The normalized spacial score (nSPS) is 10.5. The number of methoxy groups -OCH3 is 1. The van der Waals surface area contributed by atoms with E-state index < -0.39 is 0 Å². The summed E-state index contributed by atoms with van der Waals surface area (Å²) in [5, 5.41) is 4.99. The largest absolute Gasteiger partial charge is 0.465 e. The molecule has 2 aromatic heterocycles. The number of aromatic nitrogens is 2. The third-order valence-corrected chi connectivity index (χ3v) is 3.91. The quantitative estimate of drug-likeness (QED) is 0.745. The maximum absolute atomic E-state index is 11.4. The van der Waals surface area contributed by atoms with E-state index >= 15 is 0 Å². The predicted octanol–water partition coefficient (Wildman–Crippen LogP) is 3.31. The van der Waals surface area contributed by atoms with Crippen LogP contribution in [0.1, 0.15) is 10.4 Å². The molecule has 0 radical (unpaired) electrons. The lowest BCUT2D eigenvalue weighted by Crippen LogP contribution is -2.01. The number of hydrogen-bond acceptors (Lipinski definition) is 7. The molecule has 3 rings (SSSR count). The predicted molar refractivity (Wildman–Crippen MR) is 84.8 cm³/mol. The summed E-state index contributed by atoms with van der Waals surface area (Å²) in [7, 11) is 3.15. The summed E-state index contributed by atoms with van der Waals surface area (Å²) in [5.74, 6) is 0.880. The maximum Gasteiger partial charge on any atom is 0.337 e. The van der Waals surface area contributed by atoms with Crippen LogP contribution in [0.4, 0.5) is 5.82 Å². The van der Waals surface area contributed by atoms with Crippen LogP contribution < -0.4 is 10.1 Å². The van der Waals surface area contributed by atoms with Gasteiger partial charge in [0.1, 0.15) is 5.75 Å². The minimum atomic E-state index is -0.389. The minimum absolute atomic E-state index is 0.251. The Hall–Kier alpha value is -2.67. The first kappa shape index (κ1) is 14.3. The minimum Gasteiger partial charge on any atom is -0.465 e. The molecule has 0 atom stereocenters. The van der Waals surface area contributed by atoms with Crippen LogP contribution in [0.5, 0.6) is 11.8 Å². The summed E-state index contributed by atoms with van der Waals surface area (Å²) >= 11 is 1.57. The van der Waals surface area contributed by atoms with Gasteiger partial charge in [0.05, 0.1) is 22.9 Å². The molecular weight excluding hydrogens is 302 g/mol. The Bertz CT molecular complexity index is 815. The highest BCUT2D eigenvalue weighted by atomic mass is 32.1. The van der Waals surface area contributed by atoms with Gasteiger partial charge in [0.25, 0.3) is 0 Å². The van der Waals surface area contributed by atoms with Crippen molar-refractivity contribution in [2.24, 2.45) is 0 Å². The van der Waals surface area contributed by atoms with E-state index in [-0.39, 0.29) is 12.0 Å². The second kappa shape index (κ2) is 5.98. The Morgan fingerprint density at radius 1 is 1.18 bits per heavy atom. The molecule has 0 spiro atoms. The molecule has 0 aliphatic rings. The first-order chi connectivity index (χ1) is 10.7. The van der Waals surface area contributed by atoms with Gasteiger partial charge in [-0.1, -0.05) is 0 Å². The fraction of sp³-hybridized carbons (Fsp3) is 0.133. The van der Waals surface area contributed by atoms with Gasteiger partial charge in [-0.05, 0) is 35.7 Å². The van der Waals surface area contributed by atoms with Gasteiger partial charge >= 0.3 is 12.0 Å². The number of thiophene rings is 1. The van der Waals surface area contributed by atoms with Crippen molar-refractivity contribution in [2.45, 2.75) is 0 Å². The summed E-state index contributed by atoms with van der Waals surface area (Å²) < 4.78 is 11.3. The number of hydrogen-bond donors (Lipinski definition) is 1. The van der Waals surface area contributed by atoms with Crippen molar-refractivity contribution in [3.05, 3.63) is 41.3 Å². The Balaban J connectivity index is 1.88. The molecule has 0 aliphatic carbocycles. The van der Waals surface area contributed by atoms with Gasteiger partial charge in [-0.15, -0.1) is 11.3 Å². The van der Waals surface area contributed by atoms with Gasteiger partial charge in [0.15, 0.2) is 5.82 Å². The van der Waals surface area contributed by atoms with Crippen molar-refractivity contribution in [3.63, 3.8) is 0 Å². The average Bonchev–Trinajstić information content (AvgIpc) is 3.02. The molecule has 1 aromatic carbocycles. The van der Waals surface area contributed by atoms with Gasteiger partial charge in [-0.3, -0.25) is 0 Å². The number of benzene rings is 1. The van der Waals surface area contributed by atoms with Crippen molar-refractivity contribution in [3.8, 4) is 11.8 Å². The second-order valence-corrected chi connectivity index (χ2v) is 5.27. The number of carbonyl (C=O) groups excluding carboxylic acids is 1. The van der Waals surface area contributed by atoms with E-state index in [1.54, 1.807) is 42.6 Å². The smallest absolute Gasteiger partial charge is 0.337 e. The Morgan fingerprint density at radius 3 is 2.64 bits per heavy atom. The molecule has 0 fully saturated rings. The van der Waals surface area contributed by atoms with E-state index in [1.165, 1.54) is 7.11 Å². The number of nitrogens with one attached hydrogen (secondary N) is 1. The van der Waals surface area contributed by atoms with Crippen LogP contribution in [0.25, 0.3) is 10.2 Å². The van der Waals surface area contributed by atoms with E-state index in [4.69, 9.17) is 4.74 Å². The zero-order valence-corrected chi connectivity index (χ0v) is 12.8. The first-order valence-electron chi connectivity index (χ1n) is 6.50. The molecule has 0 amide bonds. The Labute approximate surface area is 130 Å². The lowest BCUT2D eigenvalue weighted by atomic mass is 10.2. The lowest BCUT2D eigenvalue weighted by Gasteiger charge is -2.07. The van der Waals surface area contributed by atoms with E-state index in [0.717, 1.165) is 16.0 Å². The second-order valence-electron chi connectivity index (χ2n) is 4.36. The molecule has 2 heterocycles. The fourth-order valence-electron chi connectivity index (χ4n) is 1.94. The van der Waals surface area contributed by atoms with Gasteiger partial charge < -0.3 is 14.8 Å². The lowest BCUT2D eigenvalue weighted by molar-refractivity contribution is 0.0600. The summed E-state index contributed by atoms with van der Waals surface area (Å²) in [6.45, 7) is 0. The van der Waals surface area contributed by atoms with Crippen LogP contribution >= 0.6 is 11.3 Å². The molecule has 22 heavy (non-hydrogen) atoms. The molecule has 7 heteroatoms.